The van der Waals surface area contributed by atoms with Gasteiger partial charge in [-0.3, -0.25) is 0 Å². The van der Waals surface area contributed by atoms with Crippen LogP contribution in [0.15, 0.2) is 18.2 Å². The normalized spacial score (nSPS) is 28.5. The molecule has 138 valence electrons. The van der Waals surface area contributed by atoms with E-state index in [2.05, 4.69) is 51.7 Å². The summed E-state index contributed by atoms with van der Waals surface area (Å²) in [6.07, 6.45) is 1.49. The van der Waals surface area contributed by atoms with Gasteiger partial charge < -0.3 is 5.11 Å². The number of hydrogen-bond acceptors (Lipinski definition) is 3. The van der Waals surface area contributed by atoms with Crippen LogP contribution in [-0.4, -0.2) is 26.2 Å². The summed E-state index contributed by atoms with van der Waals surface area (Å²) in [5, 5.41) is 21.1. The SMILES string of the molecule is CC(C)(C)C1CC(n2nc3ccc(Cl)cc3n2)C(O)C(C(C)(C)C)C1. The summed E-state index contributed by atoms with van der Waals surface area (Å²) in [5.74, 6) is 0.732. The largest absolute Gasteiger partial charge is 0.391 e. The van der Waals surface area contributed by atoms with Crippen LogP contribution in [0.25, 0.3) is 11.0 Å². The van der Waals surface area contributed by atoms with Gasteiger partial charge in [-0.25, -0.2) is 0 Å². The van der Waals surface area contributed by atoms with E-state index in [1.165, 1.54) is 0 Å². The van der Waals surface area contributed by atoms with Crippen LogP contribution in [0.1, 0.15) is 60.4 Å². The van der Waals surface area contributed by atoms with Crippen molar-refractivity contribution in [2.45, 2.75) is 66.5 Å². The molecule has 0 amide bonds. The first-order valence-corrected chi connectivity index (χ1v) is 9.55. The molecule has 2 aromatic rings. The molecule has 0 spiro atoms. The number of nitrogens with zero attached hydrogens (tertiary/aromatic N) is 3. The van der Waals surface area contributed by atoms with Gasteiger partial charge in [0.25, 0.3) is 0 Å². The van der Waals surface area contributed by atoms with Crippen LogP contribution in [0.3, 0.4) is 0 Å². The van der Waals surface area contributed by atoms with Crippen LogP contribution < -0.4 is 0 Å². The first kappa shape index (κ1) is 18.7. The van der Waals surface area contributed by atoms with Gasteiger partial charge in [0, 0.05) is 5.02 Å². The van der Waals surface area contributed by atoms with E-state index in [0.29, 0.717) is 10.9 Å². The minimum atomic E-state index is -0.448. The molecule has 5 heteroatoms. The van der Waals surface area contributed by atoms with E-state index >= 15 is 0 Å². The molecule has 1 heterocycles. The summed E-state index contributed by atoms with van der Waals surface area (Å²) in [6.45, 7) is 13.5. The Balaban J connectivity index is 2.01. The zero-order chi connectivity index (χ0) is 18.6. The molecule has 4 unspecified atom stereocenters. The van der Waals surface area contributed by atoms with Crippen LogP contribution in [0.5, 0.6) is 0 Å². The third-order valence-electron chi connectivity index (χ3n) is 5.86. The molecule has 1 aromatic heterocycles. The number of aliphatic hydroxyl groups is 1. The molecule has 1 aliphatic rings. The first-order valence-electron chi connectivity index (χ1n) is 9.17. The Bertz CT molecular complexity index is 756. The highest BCUT2D eigenvalue weighted by Crippen LogP contribution is 2.49. The molecular formula is C20H30ClN3O. The molecule has 0 saturated heterocycles. The summed E-state index contributed by atoms with van der Waals surface area (Å²) in [6, 6.07) is 5.45. The fourth-order valence-corrected chi connectivity index (χ4v) is 4.26. The molecule has 0 bridgehead atoms. The molecule has 1 aromatic carbocycles. The quantitative estimate of drug-likeness (QED) is 0.766. The van der Waals surface area contributed by atoms with Crippen LogP contribution in [-0.2, 0) is 0 Å². The van der Waals surface area contributed by atoms with E-state index < -0.39 is 6.10 Å². The third kappa shape index (κ3) is 3.70. The Morgan fingerprint density at radius 3 is 2.24 bits per heavy atom. The Labute approximate surface area is 155 Å². The van der Waals surface area contributed by atoms with Gasteiger partial charge in [0.1, 0.15) is 11.0 Å². The second-order valence-corrected chi connectivity index (χ2v) is 10.2. The van der Waals surface area contributed by atoms with Crippen molar-refractivity contribution in [3.8, 4) is 0 Å². The van der Waals surface area contributed by atoms with Crippen LogP contribution in [0.2, 0.25) is 5.02 Å². The van der Waals surface area contributed by atoms with Crippen molar-refractivity contribution < 1.29 is 5.11 Å². The molecule has 1 aliphatic carbocycles. The number of aromatic nitrogens is 3. The molecule has 1 N–H and O–H groups in total. The van der Waals surface area contributed by atoms with Crippen molar-refractivity contribution in [1.29, 1.82) is 0 Å². The lowest BCUT2D eigenvalue weighted by atomic mass is 9.61. The fourth-order valence-electron chi connectivity index (χ4n) is 4.10. The monoisotopic (exact) mass is 363 g/mol. The van der Waals surface area contributed by atoms with Gasteiger partial charge in [-0.2, -0.15) is 15.0 Å². The maximum absolute atomic E-state index is 11.2. The molecular weight excluding hydrogens is 334 g/mol. The second-order valence-electron chi connectivity index (χ2n) is 9.72. The number of halogens is 1. The summed E-state index contributed by atoms with van der Waals surface area (Å²) >= 11 is 6.08. The predicted octanol–water partition coefficient (Wildman–Crippen LogP) is 5.11. The highest BCUT2D eigenvalue weighted by Gasteiger charge is 2.46. The van der Waals surface area contributed by atoms with Crippen molar-refractivity contribution in [3.05, 3.63) is 23.2 Å². The first-order chi connectivity index (χ1) is 11.5. The van der Waals surface area contributed by atoms with Crippen LogP contribution in [0.4, 0.5) is 0 Å². The highest BCUT2D eigenvalue weighted by molar-refractivity contribution is 6.31. The summed E-state index contributed by atoms with van der Waals surface area (Å²) in [4.78, 5) is 1.74. The van der Waals surface area contributed by atoms with E-state index in [0.717, 1.165) is 23.9 Å². The zero-order valence-electron chi connectivity index (χ0n) is 16.1. The van der Waals surface area contributed by atoms with Crippen LogP contribution in [0, 0.1) is 22.7 Å². The maximum Gasteiger partial charge on any atom is 0.114 e. The molecule has 4 atom stereocenters. The smallest absolute Gasteiger partial charge is 0.114 e. The minimum absolute atomic E-state index is 0.0392. The maximum atomic E-state index is 11.2. The lowest BCUT2D eigenvalue weighted by Gasteiger charge is -2.48. The van der Waals surface area contributed by atoms with Crippen molar-refractivity contribution in [2.24, 2.45) is 22.7 Å². The lowest BCUT2D eigenvalue weighted by Crippen LogP contribution is -2.47. The van der Waals surface area contributed by atoms with Gasteiger partial charge >= 0.3 is 0 Å². The number of aliphatic hydroxyl groups excluding tert-OH is 1. The van der Waals surface area contributed by atoms with E-state index in [1.54, 1.807) is 4.80 Å². The van der Waals surface area contributed by atoms with Crippen LogP contribution >= 0.6 is 11.6 Å². The van der Waals surface area contributed by atoms with Gasteiger partial charge in [0.2, 0.25) is 0 Å². The van der Waals surface area contributed by atoms with Gasteiger partial charge in [-0.15, -0.1) is 0 Å². The molecule has 1 fully saturated rings. The van der Waals surface area contributed by atoms with E-state index in [1.807, 2.05) is 18.2 Å². The van der Waals surface area contributed by atoms with Gasteiger partial charge in [-0.1, -0.05) is 53.1 Å². The number of rotatable bonds is 1. The average molecular weight is 364 g/mol. The third-order valence-corrected chi connectivity index (χ3v) is 6.10. The fraction of sp³-hybridized carbons (Fsp3) is 0.700. The number of fused-ring (bicyclic) bond motifs is 1. The molecule has 4 nitrogen and oxygen atoms in total. The predicted molar refractivity (Wildman–Crippen MR) is 103 cm³/mol. The lowest BCUT2D eigenvalue weighted by molar-refractivity contribution is -0.0685. The summed E-state index contributed by atoms with van der Waals surface area (Å²) in [5.41, 5.74) is 1.83. The van der Waals surface area contributed by atoms with Crippen molar-refractivity contribution in [1.82, 2.24) is 15.0 Å². The molecule has 0 aliphatic heterocycles. The molecule has 3 rings (SSSR count). The molecule has 0 radical (unpaired) electrons. The Kier molecular flexibility index (Phi) is 4.66. The number of hydrogen-bond donors (Lipinski definition) is 1. The Morgan fingerprint density at radius 2 is 1.64 bits per heavy atom. The van der Waals surface area contributed by atoms with Gasteiger partial charge in [0.15, 0.2) is 0 Å². The second kappa shape index (κ2) is 6.24. The van der Waals surface area contributed by atoms with Crippen molar-refractivity contribution in [2.75, 3.05) is 0 Å². The topological polar surface area (TPSA) is 50.9 Å². The van der Waals surface area contributed by atoms with E-state index in [4.69, 9.17) is 11.6 Å². The Morgan fingerprint density at radius 1 is 1.00 bits per heavy atom. The van der Waals surface area contributed by atoms with Crippen molar-refractivity contribution in [3.63, 3.8) is 0 Å². The summed E-state index contributed by atoms with van der Waals surface area (Å²) in [7, 11) is 0. The highest BCUT2D eigenvalue weighted by atomic mass is 35.5. The van der Waals surface area contributed by atoms with Crippen molar-refractivity contribution >= 4 is 22.6 Å². The van der Waals surface area contributed by atoms with Gasteiger partial charge in [-0.05, 0) is 53.7 Å². The van der Waals surface area contributed by atoms with E-state index in [-0.39, 0.29) is 22.8 Å². The molecule has 1 saturated carbocycles. The standard InChI is InChI=1S/C20H30ClN3O/c1-19(2,3)12-9-14(20(4,5)6)18(25)17(10-12)24-22-15-8-7-13(21)11-16(15)23-24/h7-8,11-12,14,17-18,25H,9-10H2,1-6H3. The average Bonchev–Trinajstić information content (AvgIpc) is 2.87. The zero-order valence-corrected chi connectivity index (χ0v) is 16.9. The van der Waals surface area contributed by atoms with Gasteiger partial charge in [0.05, 0.1) is 12.1 Å². The van der Waals surface area contributed by atoms with E-state index in [9.17, 15) is 5.11 Å². The molecule has 25 heavy (non-hydrogen) atoms. The minimum Gasteiger partial charge on any atom is -0.391 e. The Hall–Kier alpha value is -1.13. The summed E-state index contributed by atoms with van der Waals surface area (Å²) < 4.78 is 0. The number of benzene rings is 1.